The monoisotopic (exact) mass is 255 g/mol. The van der Waals surface area contributed by atoms with E-state index in [-0.39, 0.29) is 0 Å². The zero-order chi connectivity index (χ0) is 13.4. The maximum absolute atomic E-state index is 5.62. The van der Waals surface area contributed by atoms with Crippen LogP contribution in [0.4, 0.5) is 0 Å². The van der Waals surface area contributed by atoms with E-state index in [1.54, 1.807) is 0 Å². The van der Waals surface area contributed by atoms with E-state index in [0.717, 1.165) is 37.6 Å². The molecule has 1 saturated carbocycles. The zero-order valence-corrected chi connectivity index (χ0v) is 12.9. The Morgan fingerprint density at radius 1 is 1.11 bits per heavy atom. The Hall–Kier alpha value is -0.0800. The van der Waals surface area contributed by atoms with Crippen molar-refractivity contribution < 1.29 is 4.74 Å². The van der Waals surface area contributed by atoms with Crippen molar-refractivity contribution in [2.75, 3.05) is 19.8 Å². The predicted octanol–water partition coefficient (Wildman–Crippen LogP) is 3.85. The second-order valence-electron chi connectivity index (χ2n) is 6.78. The van der Waals surface area contributed by atoms with Gasteiger partial charge in [0.15, 0.2) is 0 Å². The van der Waals surface area contributed by atoms with Crippen LogP contribution in [-0.2, 0) is 4.74 Å². The molecule has 0 heterocycles. The summed E-state index contributed by atoms with van der Waals surface area (Å²) in [5.41, 5.74) is 0. The summed E-state index contributed by atoms with van der Waals surface area (Å²) in [7, 11) is 0. The Balaban J connectivity index is 2.07. The van der Waals surface area contributed by atoms with E-state index in [1.165, 1.54) is 32.1 Å². The van der Waals surface area contributed by atoms with Crippen molar-refractivity contribution >= 4 is 0 Å². The third-order valence-corrected chi connectivity index (χ3v) is 3.72. The molecule has 0 saturated heterocycles. The van der Waals surface area contributed by atoms with E-state index >= 15 is 0 Å². The second-order valence-corrected chi connectivity index (χ2v) is 6.78. The summed E-state index contributed by atoms with van der Waals surface area (Å²) in [5.74, 6) is 2.45. The van der Waals surface area contributed by atoms with E-state index in [1.807, 2.05) is 0 Å². The molecule has 0 aromatic heterocycles. The first kappa shape index (κ1) is 16.0. The minimum absolute atomic E-state index is 0.648. The van der Waals surface area contributed by atoms with Crippen LogP contribution in [0.25, 0.3) is 0 Å². The molecule has 0 amide bonds. The first-order chi connectivity index (χ1) is 8.58. The van der Waals surface area contributed by atoms with Gasteiger partial charge in [0.05, 0.1) is 6.61 Å². The molecule has 18 heavy (non-hydrogen) atoms. The minimum atomic E-state index is 0.648. The fraction of sp³-hybridized carbons (Fsp3) is 1.00. The van der Waals surface area contributed by atoms with Crippen LogP contribution in [0.1, 0.15) is 59.8 Å². The van der Waals surface area contributed by atoms with Crippen molar-refractivity contribution in [3.8, 4) is 0 Å². The standard InChI is InChI=1S/C16H33NO/c1-13(2)10-15-6-5-7-16(11-15)17-8-9-18-12-14(3)4/h13-17H,5-12H2,1-4H3. The molecule has 1 fully saturated rings. The number of nitrogens with one attached hydrogen (secondary N) is 1. The molecule has 1 aliphatic carbocycles. The van der Waals surface area contributed by atoms with Gasteiger partial charge in [0, 0.05) is 19.2 Å². The molecule has 1 rings (SSSR count). The normalized spacial score (nSPS) is 25.0. The lowest BCUT2D eigenvalue weighted by Gasteiger charge is -2.31. The van der Waals surface area contributed by atoms with Crippen LogP contribution < -0.4 is 5.32 Å². The zero-order valence-electron chi connectivity index (χ0n) is 12.9. The lowest BCUT2D eigenvalue weighted by atomic mass is 9.81. The van der Waals surface area contributed by atoms with Crippen molar-refractivity contribution in [2.24, 2.45) is 17.8 Å². The van der Waals surface area contributed by atoms with Gasteiger partial charge in [-0.2, -0.15) is 0 Å². The van der Waals surface area contributed by atoms with Crippen LogP contribution >= 0.6 is 0 Å². The summed E-state index contributed by atoms with van der Waals surface area (Å²) < 4.78 is 5.62. The van der Waals surface area contributed by atoms with Crippen LogP contribution in [-0.4, -0.2) is 25.8 Å². The Morgan fingerprint density at radius 2 is 1.89 bits per heavy atom. The van der Waals surface area contributed by atoms with Crippen molar-refractivity contribution in [3.05, 3.63) is 0 Å². The van der Waals surface area contributed by atoms with Gasteiger partial charge in [0.1, 0.15) is 0 Å². The molecule has 0 spiro atoms. The largest absolute Gasteiger partial charge is 0.380 e. The molecule has 0 bridgehead atoms. The SMILES string of the molecule is CC(C)COCCNC1CCCC(CC(C)C)C1. The van der Waals surface area contributed by atoms with E-state index in [9.17, 15) is 0 Å². The van der Waals surface area contributed by atoms with Gasteiger partial charge < -0.3 is 10.1 Å². The molecular formula is C16H33NO. The molecule has 1 aliphatic rings. The molecule has 2 heteroatoms. The minimum Gasteiger partial charge on any atom is -0.380 e. The molecule has 1 N–H and O–H groups in total. The third-order valence-electron chi connectivity index (χ3n) is 3.72. The molecule has 0 aromatic carbocycles. The van der Waals surface area contributed by atoms with E-state index in [2.05, 4.69) is 33.0 Å². The van der Waals surface area contributed by atoms with E-state index in [0.29, 0.717) is 5.92 Å². The highest BCUT2D eigenvalue weighted by Crippen LogP contribution is 2.29. The third kappa shape index (κ3) is 7.38. The van der Waals surface area contributed by atoms with E-state index < -0.39 is 0 Å². The quantitative estimate of drug-likeness (QED) is 0.665. The van der Waals surface area contributed by atoms with Gasteiger partial charge in [-0.3, -0.25) is 0 Å². The number of rotatable bonds is 8. The first-order valence-electron chi connectivity index (χ1n) is 7.89. The molecule has 0 aromatic rings. The fourth-order valence-corrected chi connectivity index (χ4v) is 3.01. The van der Waals surface area contributed by atoms with Crippen LogP contribution in [0, 0.1) is 17.8 Å². The van der Waals surface area contributed by atoms with Gasteiger partial charge in [-0.05, 0) is 37.0 Å². The highest BCUT2D eigenvalue weighted by Gasteiger charge is 2.21. The summed E-state index contributed by atoms with van der Waals surface area (Å²) >= 11 is 0. The summed E-state index contributed by atoms with van der Waals surface area (Å²) in [5, 5.41) is 3.67. The van der Waals surface area contributed by atoms with Gasteiger partial charge in [-0.25, -0.2) is 0 Å². The maximum Gasteiger partial charge on any atom is 0.0591 e. The summed E-state index contributed by atoms with van der Waals surface area (Å²) in [4.78, 5) is 0. The van der Waals surface area contributed by atoms with Crippen LogP contribution in [0.2, 0.25) is 0 Å². The van der Waals surface area contributed by atoms with Crippen molar-refractivity contribution in [1.29, 1.82) is 0 Å². The predicted molar refractivity (Wildman–Crippen MR) is 78.9 cm³/mol. The number of hydrogen-bond donors (Lipinski definition) is 1. The lowest BCUT2D eigenvalue weighted by Crippen LogP contribution is -2.36. The van der Waals surface area contributed by atoms with Crippen molar-refractivity contribution in [2.45, 2.75) is 65.8 Å². The second kappa shape index (κ2) is 8.92. The average molecular weight is 255 g/mol. The maximum atomic E-state index is 5.62. The topological polar surface area (TPSA) is 21.3 Å². The van der Waals surface area contributed by atoms with Gasteiger partial charge >= 0.3 is 0 Å². The van der Waals surface area contributed by atoms with Crippen LogP contribution in [0.3, 0.4) is 0 Å². The molecule has 2 atom stereocenters. The van der Waals surface area contributed by atoms with Crippen molar-refractivity contribution in [3.63, 3.8) is 0 Å². The van der Waals surface area contributed by atoms with Gasteiger partial charge in [0.2, 0.25) is 0 Å². The van der Waals surface area contributed by atoms with E-state index in [4.69, 9.17) is 4.74 Å². The average Bonchev–Trinajstić information content (AvgIpc) is 2.27. The molecule has 108 valence electrons. The Morgan fingerprint density at radius 3 is 2.56 bits per heavy atom. The molecular weight excluding hydrogens is 222 g/mol. The Bertz CT molecular complexity index is 203. The van der Waals surface area contributed by atoms with Gasteiger partial charge in [-0.15, -0.1) is 0 Å². The van der Waals surface area contributed by atoms with Gasteiger partial charge in [-0.1, -0.05) is 40.5 Å². The highest BCUT2D eigenvalue weighted by molar-refractivity contribution is 4.78. The smallest absolute Gasteiger partial charge is 0.0591 e. The molecule has 2 nitrogen and oxygen atoms in total. The number of ether oxygens (including phenoxy) is 1. The Labute approximate surface area is 114 Å². The molecule has 0 radical (unpaired) electrons. The number of hydrogen-bond acceptors (Lipinski definition) is 2. The lowest BCUT2D eigenvalue weighted by molar-refractivity contribution is 0.107. The van der Waals surface area contributed by atoms with Crippen LogP contribution in [0.15, 0.2) is 0 Å². The molecule has 0 aliphatic heterocycles. The fourth-order valence-electron chi connectivity index (χ4n) is 3.01. The highest BCUT2D eigenvalue weighted by atomic mass is 16.5. The van der Waals surface area contributed by atoms with Crippen LogP contribution in [0.5, 0.6) is 0 Å². The summed E-state index contributed by atoms with van der Waals surface area (Å²) in [6.07, 6.45) is 6.99. The van der Waals surface area contributed by atoms with Gasteiger partial charge in [0.25, 0.3) is 0 Å². The first-order valence-corrected chi connectivity index (χ1v) is 7.89. The van der Waals surface area contributed by atoms with Crippen molar-refractivity contribution in [1.82, 2.24) is 5.32 Å². The summed E-state index contributed by atoms with van der Waals surface area (Å²) in [6.45, 7) is 11.9. The Kier molecular flexibility index (Phi) is 7.92. The summed E-state index contributed by atoms with van der Waals surface area (Å²) in [6, 6.07) is 0.741. The molecule has 2 unspecified atom stereocenters.